The van der Waals surface area contributed by atoms with Crippen molar-refractivity contribution in [3.05, 3.63) is 11.1 Å². The number of aromatic nitrogens is 1. The molecule has 0 spiro atoms. The van der Waals surface area contributed by atoms with Crippen LogP contribution in [0.3, 0.4) is 0 Å². The Kier molecular flexibility index (Phi) is 3.10. The zero-order valence-corrected chi connectivity index (χ0v) is 9.35. The van der Waals surface area contributed by atoms with Crippen LogP contribution in [0.1, 0.15) is 25.6 Å². The molecule has 0 amide bonds. The number of anilines is 1. The first-order valence-electron chi connectivity index (χ1n) is 4.29. The van der Waals surface area contributed by atoms with Gasteiger partial charge in [-0.15, -0.1) is 11.3 Å². The van der Waals surface area contributed by atoms with Crippen molar-refractivity contribution in [2.45, 2.75) is 32.8 Å². The first kappa shape index (κ1) is 11.0. The number of carbonyl (C=O) groups excluding carboxylic acids is 1. The molecule has 1 aromatic rings. The molecule has 14 heavy (non-hydrogen) atoms. The number of esters is 1. The maximum atomic E-state index is 11.4. The van der Waals surface area contributed by atoms with Crippen LogP contribution in [-0.4, -0.2) is 16.6 Å². The predicted octanol–water partition coefficient (Wildman–Crippen LogP) is 1.61. The Balaban J connectivity index is 2.50. The SMILES string of the molecule is CC(C)(C)OC(=O)Cc1cnc(N)s1. The molecule has 0 bridgehead atoms. The summed E-state index contributed by atoms with van der Waals surface area (Å²) in [4.78, 5) is 16.0. The summed E-state index contributed by atoms with van der Waals surface area (Å²) >= 11 is 1.31. The third-order valence-corrected chi connectivity index (χ3v) is 2.14. The van der Waals surface area contributed by atoms with Crippen molar-refractivity contribution in [2.75, 3.05) is 5.73 Å². The summed E-state index contributed by atoms with van der Waals surface area (Å²) in [5.41, 5.74) is 5.00. The molecule has 0 fully saturated rings. The van der Waals surface area contributed by atoms with E-state index >= 15 is 0 Å². The third-order valence-electron chi connectivity index (χ3n) is 1.31. The van der Waals surface area contributed by atoms with E-state index in [9.17, 15) is 4.79 Å². The van der Waals surface area contributed by atoms with Gasteiger partial charge in [0.1, 0.15) is 5.60 Å². The predicted molar refractivity (Wildman–Crippen MR) is 56.1 cm³/mol. The van der Waals surface area contributed by atoms with Crippen LogP contribution < -0.4 is 5.73 Å². The van der Waals surface area contributed by atoms with Crippen LogP contribution in [-0.2, 0) is 16.0 Å². The van der Waals surface area contributed by atoms with Gasteiger partial charge >= 0.3 is 5.97 Å². The lowest BCUT2D eigenvalue weighted by Crippen LogP contribution is -2.24. The minimum absolute atomic E-state index is 0.242. The highest BCUT2D eigenvalue weighted by molar-refractivity contribution is 7.15. The van der Waals surface area contributed by atoms with E-state index in [4.69, 9.17) is 10.5 Å². The number of rotatable bonds is 2. The summed E-state index contributed by atoms with van der Waals surface area (Å²) in [7, 11) is 0. The Bertz CT molecular complexity index is 328. The number of nitrogens with zero attached hydrogens (tertiary/aromatic N) is 1. The van der Waals surface area contributed by atoms with E-state index in [2.05, 4.69) is 4.98 Å². The highest BCUT2D eigenvalue weighted by atomic mass is 32.1. The van der Waals surface area contributed by atoms with Gasteiger partial charge in [-0.3, -0.25) is 4.79 Å². The summed E-state index contributed by atoms with van der Waals surface area (Å²) < 4.78 is 5.15. The third kappa shape index (κ3) is 3.74. The number of ether oxygens (including phenoxy) is 1. The topological polar surface area (TPSA) is 65.2 Å². The highest BCUT2D eigenvalue weighted by Gasteiger charge is 2.17. The molecule has 0 aliphatic rings. The van der Waals surface area contributed by atoms with Crippen LogP contribution >= 0.6 is 11.3 Å². The maximum Gasteiger partial charge on any atom is 0.311 e. The lowest BCUT2D eigenvalue weighted by atomic mass is 10.2. The Morgan fingerprint density at radius 3 is 2.71 bits per heavy atom. The number of hydrogen-bond acceptors (Lipinski definition) is 5. The van der Waals surface area contributed by atoms with Gasteiger partial charge in [0, 0.05) is 11.1 Å². The molecular formula is C9H14N2O2S. The van der Waals surface area contributed by atoms with Crippen LogP contribution in [0, 0.1) is 0 Å². The van der Waals surface area contributed by atoms with Crippen molar-refractivity contribution in [1.82, 2.24) is 4.98 Å². The monoisotopic (exact) mass is 214 g/mol. The van der Waals surface area contributed by atoms with Gasteiger partial charge in [0.05, 0.1) is 6.42 Å². The first-order chi connectivity index (χ1) is 6.37. The van der Waals surface area contributed by atoms with Crippen LogP contribution in [0.25, 0.3) is 0 Å². The van der Waals surface area contributed by atoms with Gasteiger partial charge < -0.3 is 10.5 Å². The van der Waals surface area contributed by atoms with Gasteiger partial charge in [-0.2, -0.15) is 0 Å². The van der Waals surface area contributed by atoms with Gasteiger partial charge in [0.2, 0.25) is 0 Å². The van der Waals surface area contributed by atoms with Gasteiger partial charge in [0.25, 0.3) is 0 Å². The quantitative estimate of drug-likeness (QED) is 0.759. The standard InChI is InChI=1S/C9H14N2O2S/c1-9(2,3)13-7(12)4-6-5-11-8(10)14-6/h5H,4H2,1-3H3,(H2,10,11). The minimum atomic E-state index is -0.437. The fourth-order valence-electron chi connectivity index (χ4n) is 0.924. The van der Waals surface area contributed by atoms with Crippen molar-refractivity contribution < 1.29 is 9.53 Å². The van der Waals surface area contributed by atoms with Crippen molar-refractivity contribution in [1.29, 1.82) is 0 Å². The smallest absolute Gasteiger partial charge is 0.311 e. The Morgan fingerprint density at radius 2 is 2.29 bits per heavy atom. The summed E-state index contributed by atoms with van der Waals surface area (Å²) in [5, 5.41) is 0.476. The van der Waals surface area contributed by atoms with E-state index in [-0.39, 0.29) is 12.4 Å². The number of nitrogen functional groups attached to an aromatic ring is 1. The van der Waals surface area contributed by atoms with Crippen molar-refractivity contribution in [3.63, 3.8) is 0 Å². The van der Waals surface area contributed by atoms with E-state index in [1.807, 2.05) is 20.8 Å². The molecule has 78 valence electrons. The van der Waals surface area contributed by atoms with Crippen LogP contribution in [0.2, 0.25) is 0 Å². The van der Waals surface area contributed by atoms with Crippen LogP contribution in [0.5, 0.6) is 0 Å². The Labute approximate surface area is 87.1 Å². The van der Waals surface area contributed by atoms with E-state index < -0.39 is 5.60 Å². The minimum Gasteiger partial charge on any atom is -0.460 e. The summed E-state index contributed by atoms with van der Waals surface area (Å²) in [6.07, 6.45) is 1.84. The fourth-order valence-corrected chi connectivity index (χ4v) is 1.59. The average Bonchev–Trinajstić information content (AvgIpc) is 2.30. The molecule has 1 rings (SSSR count). The second-order valence-electron chi connectivity index (χ2n) is 3.93. The van der Waals surface area contributed by atoms with Crippen LogP contribution in [0.15, 0.2) is 6.20 Å². The zero-order valence-electron chi connectivity index (χ0n) is 8.53. The molecule has 0 unspecified atom stereocenters. The Hall–Kier alpha value is -1.10. The normalized spacial score (nSPS) is 11.4. The first-order valence-corrected chi connectivity index (χ1v) is 5.10. The molecule has 5 heteroatoms. The number of hydrogen-bond donors (Lipinski definition) is 1. The lowest BCUT2D eigenvalue weighted by molar-refractivity contribution is -0.153. The molecule has 1 heterocycles. The maximum absolute atomic E-state index is 11.4. The molecular weight excluding hydrogens is 200 g/mol. The van der Waals surface area contributed by atoms with Crippen LogP contribution in [0.4, 0.5) is 5.13 Å². The van der Waals surface area contributed by atoms with E-state index in [0.717, 1.165) is 4.88 Å². The largest absolute Gasteiger partial charge is 0.460 e. The summed E-state index contributed by atoms with van der Waals surface area (Å²) in [6.45, 7) is 5.52. The van der Waals surface area contributed by atoms with E-state index in [0.29, 0.717) is 5.13 Å². The molecule has 0 aromatic carbocycles. The molecule has 0 saturated carbocycles. The number of thiazole rings is 1. The van der Waals surface area contributed by atoms with Crippen molar-refractivity contribution >= 4 is 22.4 Å². The van der Waals surface area contributed by atoms with Crippen molar-refractivity contribution in [3.8, 4) is 0 Å². The van der Waals surface area contributed by atoms with Gasteiger partial charge in [-0.1, -0.05) is 0 Å². The molecule has 4 nitrogen and oxygen atoms in total. The van der Waals surface area contributed by atoms with Crippen molar-refractivity contribution in [2.24, 2.45) is 0 Å². The molecule has 1 aromatic heterocycles. The molecule has 0 aliphatic carbocycles. The molecule has 0 saturated heterocycles. The van der Waals surface area contributed by atoms with Gasteiger partial charge in [-0.05, 0) is 20.8 Å². The summed E-state index contributed by atoms with van der Waals surface area (Å²) in [5.74, 6) is -0.249. The Morgan fingerprint density at radius 1 is 1.64 bits per heavy atom. The highest BCUT2D eigenvalue weighted by Crippen LogP contribution is 2.16. The van der Waals surface area contributed by atoms with Gasteiger partial charge in [0.15, 0.2) is 5.13 Å². The average molecular weight is 214 g/mol. The van der Waals surface area contributed by atoms with Gasteiger partial charge in [-0.25, -0.2) is 4.98 Å². The fraction of sp³-hybridized carbons (Fsp3) is 0.556. The lowest BCUT2D eigenvalue weighted by Gasteiger charge is -2.18. The molecule has 0 radical (unpaired) electrons. The van der Waals surface area contributed by atoms with E-state index in [1.54, 1.807) is 6.20 Å². The number of nitrogens with two attached hydrogens (primary N) is 1. The summed E-state index contributed by atoms with van der Waals surface area (Å²) in [6, 6.07) is 0. The second kappa shape index (κ2) is 3.96. The zero-order chi connectivity index (χ0) is 10.8. The molecule has 2 N–H and O–H groups in total. The molecule has 0 aliphatic heterocycles. The molecule has 0 atom stereocenters. The number of carbonyl (C=O) groups is 1. The second-order valence-corrected chi connectivity index (χ2v) is 5.07. The van der Waals surface area contributed by atoms with E-state index in [1.165, 1.54) is 11.3 Å².